The Labute approximate surface area is 175 Å². The molecular weight excluding hydrogens is 412 g/mol. The number of anilines is 1. The molecule has 6 nitrogen and oxygen atoms in total. The number of sulfone groups is 1. The second-order valence-corrected chi connectivity index (χ2v) is 10.1. The largest absolute Gasteiger partial charge is 0.341 e. The Kier molecular flexibility index (Phi) is 5.36. The van der Waals surface area contributed by atoms with E-state index in [2.05, 4.69) is 0 Å². The van der Waals surface area contributed by atoms with E-state index >= 15 is 0 Å². The molecule has 0 N–H and O–H groups in total. The van der Waals surface area contributed by atoms with Gasteiger partial charge in [-0.2, -0.15) is 0 Å². The molecule has 152 valence electrons. The molecule has 2 aromatic rings. The zero-order valence-electron chi connectivity index (χ0n) is 15.7. The maximum absolute atomic E-state index is 13.0. The second-order valence-electron chi connectivity index (χ2n) is 7.43. The summed E-state index contributed by atoms with van der Waals surface area (Å²) in [5, 5.41) is -0.0333. The van der Waals surface area contributed by atoms with Crippen molar-refractivity contribution < 1.29 is 18.0 Å². The van der Waals surface area contributed by atoms with E-state index in [1.54, 1.807) is 64.4 Å². The van der Waals surface area contributed by atoms with Gasteiger partial charge in [0.25, 0.3) is 0 Å². The Bertz CT molecular complexity index is 1020. The van der Waals surface area contributed by atoms with Gasteiger partial charge in [0, 0.05) is 36.8 Å². The van der Waals surface area contributed by atoms with Crippen molar-refractivity contribution in [2.75, 3.05) is 24.5 Å². The Balaban J connectivity index is 1.43. The molecule has 4 rings (SSSR count). The molecule has 2 aliphatic heterocycles. The van der Waals surface area contributed by atoms with Gasteiger partial charge in [-0.1, -0.05) is 29.8 Å². The molecule has 2 heterocycles. The number of carbonyl (C=O) groups is 2. The number of nitrogens with zero attached hydrogens (tertiary/aromatic N) is 2. The first-order valence-corrected chi connectivity index (χ1v) is 11.4. The fraction of sp³-hybridized carbons (Fsp3) is 0.333. The van der Waals surface area contributed by atoms with E-state index in [9.17, 15) is 18.0 Å². The topological polar surface area (TPSA) is 74.8 Å². The van der Waals surface area contributed by atoms with Gasteiger partial charge in [-0.25, -0.2) is 8.42 Å². The van der Waals surface area contributed by atoms with Crippen LogP contribution in [-0.4, -0.2) is 50.0 Å². The van der Waals surface area contributed by atoms with E-state index in [1.165, 1.54) is 0 Å². The molecule has 0 spiro atoms. The smallest absolute Gasteiger partial charge is 0.228 e. The summed E-state index contributed by atoms with van der Waals surface area (Å²) in [5.41, 5.74) is 0.709. The normalized spacial score (nSPS) is 22.3. The monoisotopic (exact) mass is 432 g/mol. The highest BCUT2D eigenvalue weighted by molar-refractivity contribution is 7.92. The lowest BCUT2D eigenvalue weighted by Gasteiger charge is -2.21. The Morgan fingerprint density at radius 1 is 1.00 bits per heavy atom. The van der Waals surface area contributed by atoms with Crippen LogP contribution in [0.5, 0.6) is 0 Å². The summed E-state index contributed by atoms with van der Waals surface area (Å²) < 4.78 is 25.7. The average molecular weight is 433 g/mol. The molecule has 0 aromatic heterocycles. The van der Waals surface area contributed by atoms with Crippen LogP contribution in [0.25, 0.3) is 0 Å². The molecular formula is C21H21ClN2O4S. The van der Waals surface area contributed by atoms with Gasteiger partial charge in [-0.15, -0.1) is 0 Å². The minimum absolute atomic E-state index is 0.113. The summed E-state index contributed by atoms with van der Waals surface area (Å²) >= 11 is 5.90. The number of carbonyl (C=O) groups excluding carboxylic acids is 2. The van der Waals surface area contributed by atoms with Gasteiger partial charge in [0.15, 0.2) is 9.84 Å². The summed E-state index contributed by atoms with van der Waals surface area (Å²) in [6.07, 6.45) is 0.540. The van der Waals surface area contributed by atoms with Gasteiger partial charge in [-0.05, 0) is 42.8 Å². The van der Waals surface area contributed by atoms with E-state index in [4.69, 9.17) is 11.6 Å². The zero-order chi connectivity index (χ0) is 20.6. The van der Waals surface area contributed by atoms with Crippen molar-refractivity contribution in [2.24, 2.45) is 5.92 Å². The van der Waals surface area contributed by atoms with Crippen LogP contribution < -0.4 is 4.90 Å². The van der Waals surface area contributed by atoms with Crippen molar-refractivity contribution in [1.82, 2.24) is 4.90 Å². The highest BCUT2D eigenvalue weighted by Gasteiger charge is 2.41. The van der Waals surface area contributed by atoms with Gasteiger partial charge in [0.05, 0.1) is 16.1 Å². The first-order chi connectivity index (χ1) is 13.9. The second kappa shape index (κ2) is 7.80. The summed E-state index contributed by atoms with van der Waals surface area (Å²) in [7, 11) is -3.48. The Morgan fingerprint density at radius 2 is 1.69 bits per heavy atom. The average Bonchev–Trinajstić information content (AvgIpc) is 3.36. The van der Waals surface area contributed by atoms with E-state index in [1.807, 2.05) is 0 Å². The molecule has 0 saturated carbocycles. The lowest BCUT2D eigenvalue weighted by molar-refractivity contribution is -0.134. The molecule has 2 fully saturated rings. The van der Waals surface area contributed by atoms with E-state index < -0.39 is 21.0 Å². The van der Waals surface area contributed by atoms with Crippen LogP contribution in [0, 0.1) is 5.92 Å². The fourth-order valence-electron chi connectivity index (χ4n) is 3.99. The first kappa shape index (κ1) is 19.9. The summed E-state index contributed by atoms with van der Waals surface area (Å²) in [6.45, 7) is 0.856. The maximum Gasteiger partial charge on any atom is 0.228 e. The molecule has 0 aliphatic carbocycles. The molecule has 8 heteroatoms. The number of amides is 2. The van der Waals surface area contributed by atoms with Gasteiger partial charge in [0.1, 0.15) is 0 Å². The predicted molar refractivity (Wildman–Crippen MR) is 111 cm³/mol. The van der Waals surface area contributed by atoms with Crippen molar-refractivity contribution >= 4 is 38.9 Å². The van der Waals surface area contributed by atoms with E-state index in [0.717, 1.165) is 0 Å². The van der Waals surface area contributed by atoms with Crippen molar-refractivity contribution in [3.05, 3.63) is 59.6 Å². The minimum Gasteiger partial charge on any atom is -0.341 e. The van der Waals surface area contributed by atoms with Crippen LogP contribution in [0.2, 0.25) is 5.02 Å². The number of hydrogen-bond donors (Lipinski definition) is 0. The Morgan fingerprint density at radius 3 is 2.38 bits per heavy atom. The number of hydrogen-bond acceptors (Lipinski definition) is 4. The van der Waals surface area contributed by atoms with Crippen LogP contribution in [0.4, 0.5) is 5.69 Å². The number of likely N-dealkylation sites (tertiary alicyclic amines) is 1. The maximum atomic E-state index is 13.0. The third-order valence-corrected chi connectivity index (χ3v) is 8.02. The van der Waals surface area contributed by atoms with Crippen molar-refractivity contribution in [3.63, 3.8) is 0 Å². The quantitative estimate of drug-likeness (QED) is 0.744. The highest BCUT2D eigenvalue weighted by atomic mass is 35.5. The summed E-state index contributed by atoms with van der Waals surface area (Å²) in [6, 6.07) is 15.3. The van der Waals surface area contributed by atoms with E-state index in [0.29, 0.717) is 30.2 Å². The molecule has 0 radical (unpaired) electrons. The van der Waals surface area contributed by atoms with Crippen LogP contribution >= 0.6 is 11.6 Å². The van der Waals surface area contributed by atoms with Crippen molar-refractivity contribution in [2.45, 2.75) is 23.0 Å². The summed E-state index contributed by atoms with van der Waals surface area (Å²) in [4.78, 5) is 28.9. The minimum atomic E-state index is -3.48. The van der Waals surface area contributed by atoms with Crippen LogP contribution in [0.15, 0.2) is 59.5 Å². The lowest BCUT2D eigenvalue weighted by Crippen LogP contribution is -2.37. The third-order valence-electron chi connectivity index (χ3n) is 5.58. The van der Waals surface area contributed by atoms with Gasteiger partial charge in [-0.3, -0.25) is 9.59 Å². The predicted octanol–water partition coefficient (Wildman–Crippen LogP) is 2.77. The van der Waals surface area contributed by atoms with E-state index in [-0.39, 0.29) is 29.7 Å². The lowest BCUT2D eigenvalue weighted by atomic mass is 10.1. The third kappa shape index (κ3) is 3.89. The number of halogens is 1. The molecule has 2 saturated heterocycles. The van der Waals surface area contributed by atoms with Gasteiger partial charge < -0.3 is 9.80 Å². The van der Waals surface area contributed by atoms with Gasteiger partial charge in [0.2, 0.25) is 11.8 Å². The van der Waals surface area contributed by atoms with Crippen molar-refractivity contribution in [1.29, 1.82) is 0 Å². The van der Waals surface area contributed by atoms with Crippen LogP contribution in [0.3, 0.4) is 0 Å². The first-order valence-electron chi connectivity index (χ1n) is 9.50. The molecule has 29 heavy (non-hydrogen) atoms. The Hall–Kier alpha value is -2.38. The summed E-state index contributed by atoms with van der Waals surface area (Å²) in [5.74, 6) is -0.727. The van der Waals surface area contributed by atoms with Gasteiger partial charge >= 0.3 is 0 Å². The SMILES string of the molecule is O=C(C1CC(=O)N(c2ccc(Cl)cc2)C1)N1CCC(S(=O)(=O)c2ccccc2)C1. The van der Waals surface area contributed by atoms with Crippen LogP contribution in [-0.2, 0) is 19.4 Å². The molecule has 2 unspecified atom stereocenters. The standard InChI is InChI=1S/C21H21ClN2O4S/c22-16-6-8-17(9-7-16)24-13-15(12-20(24)25)21(26)23-11-10-19(14-23)29(27,28)18-4-2-1-3-5-18/h1-9,15,19H,10-14H2. The number of benzene rings is 2. The molecule has 0 bridgehead atoms. The highest BCUT2D eigenvalue weighted by Crippen LogP contribution is 2.30. The van der Waals surface area contributed by atoms with Crippen molar-refractivity contribution in [3.8, 4) is 0 Å². The molecule has 2 aromatic carbocycles. The zero-order valence-corrected chi connectivity index (χ0v) is 17.3. The molecule has 2 aliphatic rings. The molecule has 2 atom stereocenters. The number of rotatable bonds is 4. The fourth-order valence-corrected chi connectivity index (χ4v) is 5.83. The molecule has 2 amide bonds. The van der Waals surface area contributed by atoms with Crippen LogP contribution in [0.1, 0.15) is 12.8 Å².